The number of carbonyl (C=O) groups is 3. The van der Waals surface area contributed by atoms with Gasteiger partial charge in [0.25, 0.3) is 0 Å². The van der Waals surface area contributed by atoms with E-state index in [0.29, 0.717) is 12.8 Å². The first kappa shape index (κ1) is 24.1. The van der Waals surface area contributed by atoms with Crippen molar-refractivity contribution in [2.75, 3.05) is 13.2 Å². The molecule has 2 aromatic carbocycles. The van der Waals surface area contributed by atoms with Crippen LogP contribution in [0.15, 0.2) is 59.3 Å². The molecular formula is C27H26O5S2. The van der Waals surface area contributed by atoms with Crippen LogP contribution in [0.4, 0.5) is 0 Å². The van der Waals surface area contributed by atoms with Crippen molar-refractivity contribution in [1.29, 1.82) is 0 Å². The zero-order chi connectivity index (χ0) is 23.8. The van der Waals surface area contributed by atoms with Crippen molar-refractivity contribution in [3.05, 3.63) is 70.4 Å². The summed E-state index contributed by atoms with van der Waals surface area (Å²) < 4.78 is 12.5. The van der Waals surface area contributed by atoms with E-state index in [-0.39, 0.29) is 26.1 Å². The van der Waals surface area contributed by atoms with Crippen molar-refractivity contribution in [3.63, 3.8) is 0 Å². The lowest BCUT2D eigenvalue weighted by Crippen LogP contribution is -2.20. The topological polar surface area (TPSA) is 69.7 Å². The molecule has 0 fully saturated rings. The molecule has 0 aliphatic carbocycles. The number of hydrogen-bond acceptors (Lipinski definition) is 7. The zero-order valence-electron chi connectivity index (χ0n) is 18.8. The molecule has 0 saturated carbocycles. The maximum atomic E-state index is 11.9. The van der Waals surface area contributed by atoms with E-state index in [4.69, 9.17) is 9.47 Å². The van der Waals surface area contributed by atoms with Gasteiger partial charge in [-0.1, -0.05) is 36.4 Å². The predicted molar refractivity (Wildman–Crippen MR) is 136 cm³/mol. The lowest BCUT2D eigenvalue weighted by Gasteiger charge is -2.06. The van der Waals surface area contributed by atoms with E-state index >= 15 is 0 Å². The summed E-state index contributed by atoms with van der Waals surface area (Å²) in [6.45, 7) is -0.733. The number of ketones is 1. The van der Waals surface area contributed by atoms with Crippen LogP contribution in [-0.4, -0.2) is 30.9 Å². The molecule has 2 aromatic heterocycles. The van der Waals surface area contributed by atoms with Crippen molar-refractivity contribution in [2.24, 2.45) is 0 Å². The molecule has 0 unspecified atom stereocenters. The first-order valence-electron chi connectivity index (χ1n) is 11.3. The molecule has 0 aliphatic rings. The van der Waals surface area contributed by atoms with Gasteiger partial charge in [-0.25, -0.2) is 0 Å². The number of thiophene rings is 2. The Hall–Kier alpha value is -3.03. The van der Waals surface area contributed by atoms with Crippen molar-refractivity contribution in [1.82, 2.24) is 0 Å². The Kier molecular flexibility index (Phi) is 8.44. The third-order valence-corrected chi connectivity index (χ3v) is 7.59. The van der Waals surface area contributed by atoms with Crippen LogP contribution in [0.5, 0.6) is 0 Å². The van der Waals surface area contributed by atoms with Gasteiger partial charge >= 0.3 is 11.9 Å². The van der Waals surface area contributed by atoms with Gasteiger partial charge in [-0.2, -0.15) is 0 Å². The molecule has 4 aromatic rings. The summed E-state index contributed by atoms with van der Waals surface area (Å²) >= 11 is 3.39. The fourth-order valence-corrected chi connectivity index (χ4v) is 5.80. The first-order chi connectivity index (χ1) is 16.6. The van der Waals surface area contributed by atoms with Crippen LogP contribution < -0.4 is 0 Å². The molecule has 34 heavy (non-hydrogen) atoms. The summed E-state index contributed by atoms with van der Waals surface area (Å²) in [5.41, 5.74) is 2.45. The molecule has 0 spiro atoms. The second-order valence-corrected chi connectivity index (χ2v) is 9.90. The smallest absolute Gasteiger partial charge is 0.306 e. The van der Waals surface area contributed by atoms with Crippen LogP contribution >= 0.6 is 22.7 Å². The van der Waals surface area contributed by atoms with Gasteiger partial charge in [0.05, 0.1) is 0 Å². The lowest BCUT2D eigenvalue weighted by molar-refractivity contribution is -0.153. The molecule has 0 saturated heterocycles. The minimum absolute atomic E-state index is 0.245. The van der Waals surface area contributed by atoms with Gasteiger partial charge in [0.1, 0.15) is 0 Å². The Morgan fingerprint density at radius 3 is 1.56 bits per heavy atom. The van der Waals surface area contributed by atoms with E-state index in [1.54, 1.807) is 22.7 Å². The van der Waals surface area contributed by atoms with Gasteiger partial charge in [-0.3, -0.25) is 14.4 Å². The van der Waals surface area contributed by atoms with Crippen LogP contribution in [-0.2, 0) is 36.7 Å². The van der Waals surface area contributed by atoms with Gasteiger partial charge in [-0.05, 0) is 70.5 Å². The lowest BCUT2D eigenvalue weighted by atomic mass is 10.1. The van der Waals surface area contributed by atoms with E-state index in [2.05, 4.69) is 35.0 Å². The van der Waals surface area contributed by atoms with E-state index in [9.17, 15) is 14.4 Å². The van der Waals surface area contributed by atoms with Crippen molar-refractivity contribution < 1.29 is 23.9 Å². The largest absolute Gasteiger partial charge is 0.458 e. The summed E-state index contributed by atoms with van der Waals surface area (Å²) in [6, 6.07) is 16.4. The van der Waals surface area contributed by atoms with Crippen LogP contribution in [0.3, 0.4) is 0 Å². The van der Waals surface area contributed by atoms with Gasteiger partial charge in [0.2, 0.25) is 5.78 Å². The standard InChI is InChI=1S/C27H26O5S2/c28-21(15-31-26(29)13-5-7-19-17-33-24-11-3-1-9-22(19)24)16-32-27(30)14-6-8-20-18-34-25-12-4-2-10-23(20)25/h1-4,9-12,17-18H,5-8,13-16H2. The highest BCUT2D eigenvalue weighted by molar-refractivity contribution is 7.17. The van der Waals surface area contributed by atoms with Crippen LogP contribution in [0, 0.1) is 0 Å². The average molecular weight is 495 g/mol. The molecule has 0 atom stereocenters. The molecule has 176 valence electrons. The zero-order valence-corrected chi connectivity index (χ0v) is 20.4. The number of Topliss-reactive ketones (excluding diaryl/α,β-unsaturated/α-hetero) is 1. The summed E-state index contributed by atoms with van der Waals surface area (Å²) in [5, 5.41) is 6.69. The molecule has 4 rings (SSSR count). The summed E-state index contributed by atoms with van der Waals surface area (Å²) in [5.74, 6) is -1.25. The highest BCUT2D eigenvalue weighted by Gasteiger charge is 2.12. The molecule has 5 nitrogen and oxygen atoms in total. The Balaban J connectivity index is 1.08. The number of hydrogen-bond donors (Lipinski definition) is 0. The third kappa shape index (κ3) is 6.52. The van der Waals surface area contributed by atoms with Crippen molar-refractivity contribution in [2.45, 2.75) is 38.5 Å². The maximum absolute atomic E-state index is 11.9. The number of aryl methyl sites for hydroxylation is 2. The Morgan fingerprint density at radius 2 is 1.09 bits per heavy atom. The fraction of sp³-hybridized carbons (Fsp3) is 0.296. The molecule has 2 heterocycles. The maximum Gasteiger partial charge on any atom is 0.306 e. The predicted octanol–water partition coefficient (Wildman–Crippen LogP) is 6.12. The van der Waals surface area contributed by atoms with E-state index in [1.165, 1.54) is 31.3 Å². The number of ether oxygens (including phenoxy) is 2. The Morgan fingerprint density at radius 1 is 0.647 bits per heavy atom. The molecule has 0 N–H and O–H groups in total. The van der Waals surface area contributed by atoms with E-state index in [1.807, 2.05) is 24.3 Å². The quantitative estimate of drug-likeness (QED) is 0.222. The highest BCUT2D eigenvalue weighted by atomic mass is 32.1. The van der Waals surface area contributed by atoms with Crippen molar-refractivity contribution in [3.8, 4) is 0 Å². The van der Waals surface area contributed by atoms with Crippen LogP contribution in [0.2, 0.25) is 0 Å². The normalized spacial score (nSPS) is 11.1. The second kappa shape index (κ2) is 11.9. The van der Waals surface area contributed by atoms with E-state index < -0.39 is 17.7 Å². The number of rotatable bonds is 12. The molecule has 0 aliphatic heterocycles. The van der Waals surface area contributed by atoms with Gasteiger partial charge in [-0.15, -0.1) is 22.7 Å². The first-order valence-corrected chi connectivity index (χ1v) is 13.1. The molecule has 0 radical (unpaired) electrons. The highest BCUT2D eigenvalue weighted by Crippen LogP contribution is 2.27. The second-order valence-electron chi connectivity index (χ2n) is 8.08. The minimum Gasteiger partial charge on any atom is -0.458 e. The summed E-state index contributed by atoms with van der Waals surface area (Å²) in [6.07, 6.45) is 3.37. The molecule has 0 bridgehead atoms. The Bertz CT molecular complexity index is 1190. The van der Waals surface area contributed by atoms with Gasteiger partial charge in [0.15, 0.2) is 13.2 Å². The van der Waals surface area contributed by atoms with Gasteiger partial charge in [0, 0.05) is 22.2 Å². The third-order valence-electron chi connectivity index (χ3n) is 5.56. The number of carbonyl (C=O) groups excluding carboxylic acids is 3. The van der Waals surface area contributed by atoms with E-state index in [0.717, 1.165) is 12.8 Å². The molecule has 0 amide bonds. The average Bonchev–Trinajstić information content (AvgIpc) is 3.46. The fourth-order valence-electron chi connectivity index (χ4n) is 3.81. The summed E-state index contributed by atoms with van der Waals surface area (Å²) in [4.78, 5) is 35.8. The summed E-state index contributed by atoms with van der Waals surface area (Å²) in [7, 11) is 0. The monoisotopic (exact) mass is 494 g/mol. The molecule has 7 heteroatoms. The number of fused-ring (bicyclic) bond motifs is 2. The molecular weight excluding hydrogens is 468 g/mol. The van der Waals surface area contributed by atoms with Crippen LogP contribution in [0.25, 0.3) is 20.2 Å². The minimum atomic E-state index is -0.422. The van der Waals surface area contributed by atoms with Gasteiger partial charge < -0.3 is 9.47 Å². The SMILES string of the molecule is O=C(COC(=O)CCCc1csc2ccccc12)COC(=O)CCCc1csc2ccccc12. The van der Waals surface area contributed by atoms with Crippen molar-refractivity contribution >= 4 is 60.6 Å². The Labute approximate surface area is 206 Å². The van der Waals surface area contributed by atoms with Crippen LogP contribution in [0.1, 0.15) is 36.8 Å². The number of benzene rings is 2. The number of esters is 2.